The lowest BCUT2D eigenvalue weighted by atomic mass is 9.63. The SMILES string of the molecule is CCNC(C1CCCCC1CC)C1(CC)CCCC1. The van der Waals surface area contributed by atoms with E-state index in [1.807, 2.05) is 0 Å². The standard InChI is InChI=1S/C18H35N/c1-4-15-11-7-8-12-16(15)17(19-6-3)18(5-2)13-9-10-14-18/h15-17,19H,4-14H2,1-3H3. The van der Waals surface area contributed by atoms with Gasteiger partial charge in [-0.25, -0.2) is 0 Å². The van der Waals surface area contributed by atoms with Crippen molar-refractivity contribution in [2.24, 2.45) is 17.3 Å². The largest absolute Gasteiger partial charge is 0.313 e. The van der Waals surface area contributed by atoms with Crippen LogP contribution in [-0.2, 0) is 0 Å². The molecule has 1 nitrogen and oxygen atoms in total. The van der Waals surface area contributed by atoms with E-state index in [4.69, 9.17) is 0 Å². The molecular weight excluding hydrogens is 230 g/mol. The molecule has 1 heteroatoms. The highest BCUT2D eigenvalue weighted by molar-refractivity contribution is 4.99. The van der Waals surface area contributed by atoms with E-state index in [0.29, 0.717) is 5.41 Å². The second-order valence-electron chi connectivity index (χ2n) is 7.08. The summed E-state index contributed by atoms with van der Waals surface area (Å²) in [7, 11) is 0. The van der Waals surface area contributed by atoms with Gasteiger partial charge in [-0.2, -0.15) is 0 Å². The van der Waals surface area contributed by atoms with Crippen molar-refractivity contribution in [3.63, 3.8) is 0 Å². The van der Waals surface area contributed by atoms with Crippen molar-refractivity contribution in [1.82, 2.24) is 5.32 Å². The molecule has 112 valence electrons. The quantitative estimate of drug-likeness (QED) is 0.700. The number of nitrogens with one attached hydrogen (secondary N) is 1. The smallest absolute Gasteiger partial charge is 0.0154 e. The second-order valence-corrected chi connectivity index (χ2v) is 7.08. The summed E-state index contributed by atoms with van der Waals surface area (Å²) in [5.41, 5.74) is 0.630. The molecule has 0 amide bonds. The Kier molecular flexibility index (Phi) is 5.74. The minimum atomic E-state index is 0.630. The Balaban J connectivity index is 2.17. The highest BCUT2D eigenvalue weighted by Crippen LogP contribution is 2.49. The predicted molar refractivity (Wildman–Crippen MR) is 84.4 cm³/mol. The van der Waals surface area contributed by atoms with Crippen molar-refractivity contribution in [3.05, 3.63) is 0 Å². The Morgan fingerprint density at radius 2 is 1.68 bits per heavy atom. The first-order chi connectivity index (χ1) is 9.27. The highest BCUT2D eigenvalue weighted by atomic mass is 14.9. The van der Waals surface area contributed by atoms with Gasteiger partial charge in [-0.05, 0) is 49.5 Å². The summed E-state index contributed by atoms with van der Waals surface area (Å²) >= 11 is 0. The Morgan fingerprint density at radius 1 is 1.00 bits per heavy atom. The maximum Gasteiger partial charge on any atom is 0.0154 e. The minimum absolute atomic E-state index is 0.630. The van der Waals surface area contributed by atoms with Crippen molar-refractivity contribution in [2.75, 3.05) is 6.54 Å². The number of hydrogen-bond acceptors (Lipinski definition) is 1. The van der Waals surface area contributed by atoms with Gasteiger partial charge < -0.3 is 5.32 Å². The van der Waals surface area contributed by atoms with E-state index in [1.54, 1.807) is 0 Å². The molecule has 2 fully saturated rings. The van der Waals surface area contributed by atoms with Crippen molar-refractivity contribution in [1.29, 1.82) is 0 Å². The summed E-state index contributed by atoms with van der Waals surface area (Å²) in [5.74, 6) is 1.94. The molecule has 0 spiro atoms. The summed E-state index contributed by atoms with van der Waals surface area (Å²) in [5, 5.41) is 3.95. The Labute approximate surface area is 120 Å². The zero-order valence-electron chi connectivity index (χ0n) is 13.5. The molecule has 0 heterocycles. The third kappa shape index (κ3) is 3.17. The van der Waals surface area contributed by atoms with Crippen LogP contribution in [0.1, 0.15) is 85.0 Å². The summed E-state index contributed by atoms with van der Waals surface area (Å²) in [6.07, 6.45) is 14.6. The van der Waals surface area contributed by atoms with Crippen LogP contribution in [0.4, 0.5) is 0 Å². The summed E-state index contributed by atoms with van der Waals surface area (Å²) in [6.45, 7) is 8.31. The van der Waals surface area contributed by atoms with Crippen LogP contribution >= 0.6 is 0 Å². The molecule has 0 aromatic carbocycles. The highest BCUT2D eigenvalue weighted by Gasteiger charge is 2.45. The molecular formula is C18H35N. The lowest BCUT2D eigenvalue weighted by Crippen LogP contribution is -2.51. The lowest BCUT2D eigenvalue weighted by molar-refractivity contribution is 0.0722. The fourth-order valence-electron chi connectivity index (χ4n) is 5.19. The minimum Gasteiger partial charge on any atom is -0.313 e. The maximum atomic E-state index is 3.95. The van der Waals surface area contributed by atoms with E-state index in [9.17, 15) is 0 Å². The Morgan fingerprint density at radius 3 is 2.26 bits per heavy atom. The second kappa shape index (κ2) is 7.11. The third-order valence-electron chi connectivity index (χ3n) is 6.31. The molecule has 1 N–H and O–H groups in total. The molecule has 0 radical (unpaired) electrons. The van der Waals surface area contributed by atoms with Crippen LogP contribution in [0.15, 0.2) is 0 Å². The molecule has 2 saturated carbocycles. The van der Waals surface area contributed by atoms with Crippen LogP contribution in [-0.4, -0.2) is 12.6 Å². The van der Waals surface area contributed by atoms with Gasteiger partial charge in [0.2, 0.25) is 0 Å². The van der Waals surface area contributed by atoms with Gasteiger partial charge in [0, 0.05) is 6.04 Å². The monoisotopic (exact) mass is 265 g/mol. The number of rotatable bonds is 6. The summed E-state index contributed by atoms with van der Waals surface area (Å²) in [4.78, 5) is 0. The zero-order valence-corrected chi connectivity index (χ0v) is 13.5. The molecule has 3 unspecified atom stereocenters. The molecule has 0 aromatic heterocycles. The predicted octanol–water partition coefficient (Wildman–Crippen LogP) is 5.15. The van der Waals surface area contributed by atoms with Crippen LogP contribution in [0, 0.1) is 17.3 Å². The van der Waals surface area contributed by atoms with Crippen molar-refractivity contribution in [3.8, 4) is 0 Å². The fraction of sp³-hybridized carbons (Fsp3) is 1.00. The average molecular weight is 265 g/mol. The molecule has 2 rings (SSSR count). The van der Waals surface area contributed by atoms with E-state index < -0.39 is 0 Å². The zero-order chi connectivity index (χ0) is 13.7. The molecule has 2 aliphatic carbocycles. The Hall–Kier alpha value is -0.0400. The molecule has 0 aliphatic heterocycles. The van der Waals surface area contributed by atoms with E-state index >= 15 is 0 Å². The summed E-state index contributed by atoms with van der Waals surface area (Å²) < 4.78 is 0. The topological polar surface area (TPSA) is 12.0 Å². The normalized spacial score (nSPS) is 32.4. The van der Waals surface area contributed by atoms with Gasteiger partial charge in [0.1, 0.15) is 0 Å². The van der Waals surface area contributed by atoms with Crippen molar-refractivity contribution < 1.29 is 0 Å². The maximum absolute atomic E-state index is 3.95. The Bertz CT molecular complexity index is 254. The van der Waals surface area contributed by atoms with Crippen LogP contribution in [0.3, 0.4) is 0 Å². The van der Waals surface area contributed by atoms with Gasteiger partial charge in [0.05, 0.1) is 0 Å². The molecule has 19 heavy (non-hydrogen) atoms. The van der Waals surface area contributed by atoms with Gasteiger partial charge >= 0.3 is 0 Å². The van der Waals surface area contributed by atoms with Crippen molar-refractivity contribution in [2.45, 2.75) is 91.0 Å². The van der Waals surface area contributed by atoms with Crippen LogP contribution in [0.25, 0.3) is 0 Å². The molecule has 2 aliphatic rings. The van der Waals surface area contributed by atoms with Crippen LogP contribution in [0.5, 0.6) is 0 Å². The lowest BCUT2D eigenvalue weighted by Gasteiger charge is -2.47. The van der Waals surface area contributed by atoms with Crippen LogP contribution < -0.4 is 5.32 Å². The van der Waals surface area contributed by atoms with Gasteiger partial charge in [-0.3, -0.25) is 0 Å². The molecule has 0 saturated heterocycles. The third-order valence-corrected chi connectivity index (χ3v) is 6.31. The average Bonchev–Trinajstić information content (AvgIpc) is 2.94. The first-order valence-electron chi connectivity index (χ1n) is 9.00. The molecule has 0 aromatic rings. The van der Waals surface area contributed by atoms with Gasteiger partial charge in [-0.15, -0.1) is 0 Å². The van der Waals surface area contributed by atoms with Crippen LogP contribution in [0.2, 0.25) is 0 Å². The molecule has 3 atom stereocenters. The first kappa shape index (κ1) is 15.4. The summed E-state index contributed by atoms with van der Waals surface area (Å²) in [6, 6.07) is 0.801. The number of hydrogen-bond donors (Lipinski definition) is 1. The van der Waals surface area contributed by atoms with E-state index in [2.05, 4.69) is 26.1 Å². The van der Waals surface area contributed by atoms with Gasteiger partial charge in [-0.1, -0.05) is 59.3 Å². The van der Waals surface area contributed by atoms with E-state index in [1.165, 1.54) is 64.2 Å². The van der Waals surface area contributed by atoms with E-state index in [0.717, 1.165) is 24.4 Å². The van der Waals surface area contributed by atoms with Gasteiger partial charge in [0.25, 0.3) is 0 Å². The van der Waals surface area contributed by atoms with Gasteiger partial charge in [0.15, 0.2) is 0 Å². The molecule has 0 bridgehead atoms. The first-order valence-corrected chi connectivity index (χ1v) is 9.00. The van der Waals surface area contributed by atoms with E-state index in [-0.39, 0.29) is 0 Å². The fourth-order valence-corrected chi connectivity index (χ4v) is 5.19. The van der Waals surface area contributed by atoms with Crippen molar-refractivity contribution >= 4 is 0 Å².